The molecule has 2 rings (SSSR count). The third-order valence-electron chi connectivity index (χ3n) is 4.07. The lowest BCUT2D eigenvalue weighted by Gasteiger charge is -2.21. The van der Waals surface area contributed by atoms with Crippen molar-refractivity contribution in [2.75, 3.05) is 6.54 Å². The second-order valence-corrected chi connectivity index (χ2v) is 5.91. The number of nitrogens with one attached hydrogen (secondary N) is 1. The molecule has 1 aliphatic rings. The van der Waals surface area contributed by atoms with E-state index in [0.29, 0.717) is 17.9 Å². The van der Waals surface area contributed by atoms with E-state index in [4.69, 9.17) is 0 Å². The number of benzene rings is 1. The molecule has 0 saturated heterocycles. The van der Waals surface area contributed by atoms with Crippen molar-refractivity contribution < 1.29 is 5.11 Å². The van der Waals surface area contributed by atoms with E-state index in [9.17, 15) is 5.11 Å². The second-order valence-electron chi connectivity index (χ2n) is 5.91. The first-order valence-corrected chi connectivity index (χ1v) is 7.09. The minimum Gasteiger partial charge on any atom is -0.393 e. The van der Waals surface area contributed by atoms with Gasteiger partial charge in [0.15, 0.2) is 0 Å². The molecular weight excluding hydrogens is 222 g/mol. The van der Waals surface area contributed by atoms with Gasteiger partial charge >= 0.3 is 0 Å². The van der Waals surface area contributed by atoms with Crippen molar-refractivity contribution in [1.29, 1.82) is 0 Å². The Morgan fingerprint density at radius 1 is 1.33 bits per heavy atom. The summed E-state index contributed by atoms with van der Waals surface area (Å²) in [6.07, 6.45) is 1.81. The van der Waals surface area contributed by atoms with Crippen molar-refractivity contribution >= 4 is 0 Å². The van der Waals surface area contributed by atoms with Crippen LogP contribution in [0.1, 0.15) is 44.4 Å². The Hall–Kier alpha value is -0.860. The average Bonchev–Trinajstić information content (AvgIpc) is 2.65. The summed E-state index contributed by atoms with van der Waals surface area (Å²) in [5.74, 6) is 0.999. The summed E-state index contributed by atoms with van der Waals surface area (Å²) < 4.78 is 0. The van der Waals surface area contributed by atoms with Crippen LogP contribution in [0.3, 0.4) is 0 Å². The Balaban J connectivity index is 1.90. The van der Waals surface area contributed by atoms with Gasteiger partial charge in [-0.25, -0.2) is 0 Å². The zero-order chi connectivity index (χ0) is 13.1. The lowest BCUT2D eigenvalue weighted by Crippen LogP contribution is -2.28. The normalized spacial score (nSPS) is 24.3. The van der Waals surface area contributed by atoms with E-state index in [1.54, 1.807) is 0 Å². The highest BCUT2D eigenvalue weighted by molar-refractivity contribution is 5.35. The van der Waals surface area contributed by atoms with Crippen LogP contribution in [0.4, 0.5) is 0 Å². The lowest BCUT2D eigenvalue weighted by atomic mass is 10.0. The Morgan fingerprint density at radius 3 is 2.78 bits per heavy atom. The van der Waals surface area contributed by atoms with Gasteiger partial charge in [-0.15, -0.1) is 0 Å². The first-order chi connectivity index (χ1) is 8.59. The first-order valence-electron chi connectivity index (χ1n) is 7.09. The van der Waals surface area contributed by atoms with Crippen LogP contribution in [-0.2, 0) is 6.42 Å². The third kappa shape index (κ3) is 2.93. The van der Waals surface area contributed by atoms with Crippen molar-refractivity contribution in [1.82, 2.24) is 5.32 Å². The molecular formula is C16H25NO. The summed E-state index contributed by atoms with van der Waals surface area (Å²) in [7, 11) is 0. The number of hydrogen-bond donors (Lipinski definition) is 2. The highest BCUT2D eigenvalue weighted by atomic mass is 16.3. The summed E-state index contributed by atoms with van der Waals surface area (Å²) in [6.45, 7) is 7.33. The van der Waals surface area contributed by atoms with Crippen LogP contribution in [0.2, 0.25) is 0 Å². The van der Waals surface area contributed by atoms with Crippen molar-refractivity contribution in [3.05, 3.63) is 35.4 Å². The van der Waals surface area contributed by atoms with Crippen molar-refractivity contribution in [3.8, 4) is 0 Å². The Kier molecular flexibility index (Phi) is 4.41. The summed E-state index contributed by atoms with van der Waals surface area (Å²) >= 11 is 0. The summed E-state index contributed by atoms with van der Waals surface area (Å²) in [5.41, 5.74) is 2.93. The maximum Gasteiger partial charge on any atom is 0.0575 e. The van der Waals surface area contributed by atoms with Gasteiger partial charge in [-0.3, -0.25) is 0 Å². The fraction of sp³-hybridized carbons (Fsp3) is 0.625. The maximum absolute atomic E-state index is 9.82. The van der Waals surface area contributed by atoms with E-state index in [0.717, 1.165) is 13.0 Å². The van der Waals surface area contributed by atoms with Gasteiger partial charge in [0, 0.05) is 6.04 Å². The molecule has 2 N–H and O–H groups in total. The van der Waals surface area contributed by atoms with Crippen LogP contribution >= 0.6 is 0 Å². The molecule has 1 aromatic rings. The molecule has 0 fully saturated rings. The molecule has 0 saturated carbocycles. The zero-order valence-electron chi connectivity index (χ0n) is 11.7. The molecule has 3 atom stereocenters. The largest absolute Gasteiger partial charge is 0.393 e. The van der Waals surface area contributed by atoms with Crippen molar-refractivity contribution in [3.63, 3.8) is 0 Å². The van der Waals surface area contributed by atoms with Gasteiger partial charge in [0.05, 0.1) is 6.10 Å². The number of aliphatic hydroxyl groups excluding tert-OH is 1. The van der Waals surface area contributed by atoms with Crippen LogP contribution in [-0.4, -0.2) is 17.8 Å². The van der Waals surface area contributed by atoms with Gasteiger partial charge in [-0.2, -0.15) is 0 Å². The second kappa shape index (κ2) is 5.85. The molecule has 100 valence electrons. The molecule has 0 radical (unpaired) electrons. The minimum atomic E-state index is -0.190. The van der Waals surface area contributed by atoms with Crippen molar-refractivity contribution in [2.24, 2.45) is 11.8 Å². The van der Waals surface area contributed by atoms with E-state index in [1.807, 2.05) is 0 Å². The van der Waals surface area contributed by atoms with Gasteiger partial charge in [0.25, 0.3) is 0 Å². The molecule has 0 amide bonds. The zero-order valence-corrected chi connectivity index (χ0v) is 11.7. The van der Waals surface area contributed by atoms with E-state index in [1.165, 1.54) is 17.5 Å². The summed E-state index contributed by atoms with van der Waals surface area (Å²) in [4.78, 5) is 0. The average molecular weight is 247 g/mol. The fourth-order valence-electron chi connectivity index (χ4n) is 2.83. The van der Waals surface area contributed by atoms with Crippen LogP contribution in [0.5, 0.6) is 0 Å². The third-order valence-corrected chi connectivity index (χ3v) is 4.07. The molecule has 3 unspecified atom stereocenters. The van der Waals surface area contributed by atoms with Gasteiger partial charge in [0.1, 0.15) is 0 Å². The highest BCUT2D eigenvalue weighted by Gasteiger charge is 2.28. The lowest BCUT2D eigenvalue weighted by molar-refractivity contribution is 0.114. The summed E-state index contributed by atoms with van der Waals surface area (Å²) in [6, 6.07) is 9.16. The van der Waals surface area contributed by atoms with E-state index in [2.05, 4.69) is 50.4 Å². The Morgan fingerprint density at radius 2 is 2.06 bits per heavy atom. The molecule has 2 heteroatoms. The molecule has 0 heterocycles. The van der Waals surface area contributed by atoms with Crippen LogP contribution in [0.25, 0.3) is 0 Å². The topological polar surface area (TPSA) is 32.3 Å². The smallest absolute Gasteiger partial charge is 0.0575 e. The van der Waals surface area contributed by atoms with Gasteiger partial charge < -0.3 is 10.4 Å². The Bertz CT molecular complexity index is 388. The quantitative estimate of drug-likeness (QED) is 0.838. The SMILES string of the molecule is CC(C)C(O)CCNC1c2ccccc2CC1C. The number of hydrogen-bond acceptors (Lipinski definition) is 2. The van der Waals surface area contributed by atoms with E-state index >= 15 is 0 Å². The van der Waals surface area contributed by atoms with E-state index < -0.39 is 0 Å². The molecule has 18 heavy (non-hydrogen) atoms. The fourth-order valence-corrected chi connectivity index (χ4v) is 2.83. The molecule has 0 aromatic heterocycles. The predicted octanol–water partition coefficient (Wildman–Crippen LogP) is 2.92. The van der Waals surface area contributed by atoms with Crippen LogP contribution in [0.15, 0.2) is 24.3 Å². The Labute approximate surface area is 110 Å². The minimum absolute atomic E-state index is 0.190. The van der Waals surface area contributed by atoms with Gasteiger partial charge in [0.2, 0.25) is 0 Å². The molecule has 0 bridgehead atoms. The van der Waals surface area contributed by atoms with Crippen molar-refractivity contribution in [2.45, 2.75) is 45.8 Å². The molecule has 2 nitrogen and oxygen atoms in total. The molecule has 0 spiro atoms. The van der Waals surface area contributed by atoms with Crippen LogP contribution in [0, 0.1) is 11.8 Å². The predicted molar refractivity (Wildman–Crippen MR) is 75.5 cm³/mol. The molecule has 0 aliphatic heterocycles. The standard InChI is InChI=1S/C16H25NO/c1-11(2)15(18)8-9-17-16-12(3)10-13-6-4-5-7-14(13)16/h4-7,11-12,15-18H,8-10H2,1-3H3. The first kappa shape index (κ1) is 13.6. The number of aliphatic hydroxyl groups is 1. The highest BCUT2D eigenvalue weighted by Crippen LogP contribution is 2.35. The maximum atomic E-state index is 9.82. The monoisotopic (exact) mass is 247 g/mol. The summed E-state index contributed by atoms with van der Waals surface area (Å²) in [5, 5.41) is 13.4. The number of fused-ring (bicyclic) bond motifs is 1. The van der Waals surface area contributed by atoms with Gasteiger partial charge in [-0.05, 0) is 42.3 Å². The van der Waals surface area contributed by atoms with Gasteiger partial charge in [-0.1, -0.05) is 45.0 Å². The number of rotatable bonds is 5. The molecule has 1 aliphatic carbocycles. The van der Waals surface area contributed by atoms with E-state index in [-0.39, 0.29) is 6.10 Å². The molecule has 1 aromatic carbocycles. The van der Waals surface area contributed by atoms with Crippen LogP contribution < -0.4 is 5.32 Å².